The van der Waals surface area contributed by atoms with Crippen molar-refractivity contribution in [3.63, 3.8) is 0 Å². The minimum atomic E-state index is -0.421. The number of halogens is 2. The molecule has 1 aliphatic heterocycles. The molecule has 2 aliphatic rings. The molecule has 0 radical (unpaired) electrons. The number of ether oxygens (including phenoxy) is 3. The van der Waals surface area contributed by atoms with Gasteiger partial charge in [0.25, 0.3) is 11.2 Å². The van der Waals surface area contributed by atoms with Crippen LogP contribution in [0.25, 0.3) is 11.8 Å². The largest absolute Gasteiger partial charge is 0.493 e. The molecular formula is C36H27I2N3O6S. The Balaban J connectivity index is 1.29. The molecule has 2 heterocycles. The fraction of sp³-hybridized carbons (Fsp3) is 0.167. The molecule has 5 aromatic rings. The van der Waals surface area contributed by atoms with Crippen LogP contribution in [0.1, 0.15) is 40.3 Å². The summed E-state index contributed by atoms with van der Waals surface area (Å²) in [6.45, 7) is 0.270. The van der Waals surface area contributed by atoms with Crippen molar-refractivity contribution in [1.82, 2.24) is 4.57 Å². The Labute approximate surface area is 306 Å². The van der Waals surface area contributed by atoms with Gasteiger partial charge in [-0.25, -0.2) is 4.99 Å². The van der Waals surface area contributed by atoms with Gasteiger partial charge in [-0.15, -0.1) is 0 Å². The molecule has 1 atom stereocenters. The van der Waals surface area contributed by atoms with Crippen LogP contribution in [0.3, 0.4) is 0 Å². The van der Waals surface area contributed by atoms with Gasteiger partial charge in [0.2, 0.25) is 0 Å². The number of nitro benzene ring substituents is 1. The highest BCUT2D eigenvalue weighted by atomic mass is 127. The highest BCUT2D eigenvalue weighted by Crippen LogP contribution is 2.43. The molecule has 12 heteroatoms. The van der Waals surface area contributed by atoms with E-state index in [1.165, 1.54) is 29.0 Å². The number of non-ortho nitro benzene ring substituents is 1. The first-order valence-corrected chi connectivity index (χ1v) is 17.9. The number of rotatable bonds is 8. The Hall–Kier alpha value is -4.02. The first kappa shape index (κ1) is 32.5. The van der Waals surface area contributed by atoms with Crippen molar-refractivity contribution in [3.05, 3.63) is 149 Å². The Kier molecular flexibility index (Phi) is 9.13. The van der Waals surface area contributed by atoms with Crippen molar-refractivity contribution >= 4 is 74.0 Å². The van der Waals surface area contributed by atoms with E-state index in [1.807, 2.05) is 47.0 Å². The standard InChI is InChI=1S/C36H27I2N3O6S/c1-45-29-14-10-23(18-30(29)46-2)33-26-13-9-22-5-3-4-6-25(22)32(26)39-36-40(33)35(42)31(48-36)17-21-15-27(37)34(28(38)16-21)47-19-20-7-11-24(12-8-20)41(43)44/h3-8,10-12,14-18,33H,9,13,19H2,1-2H3/b31-17-/t33-/m1/s1. The summed E-state index contributed by atoms with van der Waals surface area (Å²) >= 11 is 5.86. The number of allylic oxidation sites excluding steroid dienone is 1. The van der Waals surface area contributed by atoms with Gasteiger partial charge in [0.15, 0.2) is 16.3 Å². The van der Waals surface area contributed by atoms with E-state index in [0.29, 0.717) is 26.6 Å². The van der Waals surface area contributed by atoms with Gasteiger partial charge in [-0.3, -0.25) is 19.5 Å². The normalized spacial score (nSPS) is 15.2. The molecular weight excluding hydrogens is 856 g/mol. The van der Waals surface area contributed by atoms with Crippen LogP contribution in [-0.2, 0) is 13.0 Å². The zero-order valence-corrected chi connectivity index (χ0v) is 30.9. The summed E-state index contributed by atoms with van der Waals surface area (Å²) in [6, 6.07) is 24.1. The average molecular weight is 884 g/mol. The predicted octanol–water partition coefficient (Wildman–Crippen LogP) is 7.03. The Morgan fingerprint density at radius 3 is 2.42 bits per heavy atom. The highest BCUT2D eigenvalue weighted by Gasteiger charge is 2.33. The highest BCUT2D eigenvalue weighted by molar-refractivity contribution is 14.1. The zero-order chi connectivity index (χ0) is 33.5. The topological polar surface area (TPSA) is 105 Å². The summed E-state index contributed by atoms with van der Waals surface area (Å²) in [5, 5.41) is 11.0. The fourth-order valence-corrected chi connectivity index (χ4v) is 9.30. The van der Waals surface area contributed by atoms with Crippen LogP contribution in [0, 0.1) is 17.3 Å². The number of aromatic nitrogens is 1. The van der Waals surface area contributed by atoms with Crippen LogP contribution in [-0.4, -0.2) is 23.7 Å². The minimum absolute atomic E-state index is 0.0394. The lowest BCUT2D eigenvalue weighted by Crippen LogP contribution is -2.38. The number of thiazole rings is 1. The van der Waals surface area contributed by atoms with E-state index in [1.54, 1.807) is 26.4 Å². The van der Waals surface area contributed by atoms with Crippen molar-refractivity contribution in [2.24, 2.45) is 4.99 Å². The first-order chi connectivity index (χ1) is 23.2. The molecule has 1 aliphatic carbocycles. The monoisotopic (exact) mass is 883 g/mol. The summed E-state index contributed by atoms with van der Waals surface area (Å²) in [7, 11) is 3.22. The second kappa shape index (κ2) is 13.5. The zero-order valence-electron chi connectivity index (χ0n) is 25.7. The van der Waals surface area contributed by atoms with Gasteiger partial charge in [0.05, 0.1) is 42.6 Å². The molecule has 0 spiro atoms. The van der Waals surface area contributed by atoms with E-state index in [-0.39, 0.29) is 23.9 Å². The van der Waals surface area contributed by atoms with Crippen molar-refractivity contribution in [3.8, 4) is 17.2 Å². The summed E-state index contributed by atoms with van der Waals surface area (Å²) in [5.41, 5.74) is 6.97. The van der Waals surface area contributed by atoms with E-state index < -0.39 is 4.92 Å². The van der Waals surface area contributed by atoms with Crippen LogP contribution in [0.5, 0.6) is 17.2 Å². The second-order valence-electron chi connectivity index (χ2n) is 11.3. The lowest BCUT2D eigenvalue weighted by molar-refractivity contribution is -0.384. The number of aryl methyl sites for hydroxylation is 1. The molecule has 7 rings (SSSR count). The minimum Gasteiger partial charge on any atom is -0.493 e. The van der Waals surface area contributed by atoms with Crippen LogP contribution >= 0.6 is 56.5 Å². The average Bonchev–Trinajstić information content (AvgIpc) is 3.40. The van der Waals surface area contributed by atoms with Crippen LogP contribution in [0.2, 0.25) is 0 Å². The molecule has 0 amide bonds. The smallest absolute Gasteiger partial charge is 0.271 e. The number of nitro groups is 1. The van der Waals surface area contributed by atoms with E-state index in [2.05, 4.69) is 63.4 Å². The quantitative estimate of drug-likeness (QED) is 0.0943. The molecule has 0 bridgehead atoms. The van der Waals surface area contributed by atoms with E-state index >= 15 is 0 Å². The maximum atomic E-state index is 14.3. The van der Waals surface area contributed by atoms with Crippen molar-refractivity contribution < 1.29 is 19.1 Å². The van der Waals surface area contributed by atoms with Crippen LogP contribution in [0.15, 0.2) is 94.2 Å². The SMILES string of the molecule is COc1ccc([C@@H]2C3=C(N=c4s/c(=C\c5cc(I)c(OCc6ccc([N+](=O)[O-])cc6)c(I)c5)c(=O)n42)c2ccccc2CC3)cc1OC. The second-order valence-corrected chi connectivity index (χ2v) is 14.6. The van der Waals surface area contributed by atoms with Crippen molar-refractivity contribution in [2.45, 2.75) is 25.5 Å². The van der Waals surface area contributed by atoms with Gasteiger partial charge >= 0.3 is 0 Å². The molecule has 0 fully saturated rings. The summed E-state index contributed by atoms with van der Waals surface area (Å²) in [5.74, 6) is 1.95. The third-order valence-corrected chi connectivity index (χ3v) is 11.0. The first-order valence-electron chi connectivity index (χ1n) is 15.0. The van der Waals surface area contributed by atoms with Crippen molar-refractivity contribution in [2.75, 3.05) is 14.2 Å². The summed E-state index contributed by atoms with van der Waals surface area (Å²) in [6.07, 6.45) is 3.57. The van der Waals surface area contributed by atoms with Gasteiger partial charge in [0, 0.05) is 17.7 Å². The Morgan fingerprint density at radius 1 is 0.979 bits per heavy atom. The van der Waals surface area contributed by atoms with E-state index in [4.69, 9.17) is 19.2 Å². The molecule has 0 saturated heterocycles. The van der Waals surface area contributed by atoms with Crippen LogP contribution < -0.4 is 29.1 Å². The summed E-state index contributed by atoms with van der Waals surface area (Å²) < 4.78 is 21.5. The molecule has 0 unspecified atom stereocenters. The van der Waals surface area contributed by atoms with Gasteiger partial charge in [-0.05, 0) is 128 Å². The number of benzene rings is 4. The predicted molar refractivity (Wildman–Crippen MR) is 202 cm³/mol. The Bertz CT molecular complexity index is 2290. The molecule has 0 N–H and O–H groups in total. The van der Waals surface area contributed by atoms with Gasteiger partial charge < -0.3 is 14.2 Å². The third kappa shape index (κ3) is 6.05. The lowest BCUT2D eigenvalue weighted by atomic mass is 9.83. The van der Waals surface area contributed by atoms with Gasteiger partial charge in [0.1, 0.15) is 12.4 Å². The lowest BCUT2D eigenvalue weighted by Gasteiger charge is -2.31. The third-order valence-electron chi connectivity index (χ3n) is 8.44. The molecule has 1 aromatic heterocycles. The number of hydrogen-bond donors (Lipinski definition) is 0. The molecule has 48 heavy (non-hydrogen) atoms. The molecule has 0 saturated carbocycles. The number of hydrogen-bond acceptors (Lipinski definition) is 8. The molecule has 9 nitrogen and oxygen atoms in total. The van der Waals surface area contributed by atoms with Crippen LogP contribution in [0.4, 0.5) is 5.69 Å². The molecule has 4 aromatic carbocycles. The number of nitrogens with zero attached hydrogens (tertiary/aromatic N) is 3. The Morgan fingerprint density at radius 2 is 1.71 bits per heavy atom. The van der Waals surface area contributed by atoms with Gasteiger partial charge in [-0.2, -0.15) is 0 Å². The van der Waals surface area contributed by atoms with Gasteiger partial charge in [-0.1, -0.05) is 41.7 Å². The maximum Gasteiger partial charge on any atom is 0.271 e. The number of methoxy groups -OCH3 is 2. The van der Waals surface area contributed by atoms with Crippen molar-refractivity contribution in [1.29, 1.82) is 0 Å². The fourth-order valence-electron chi connectivity index (χ4n) is 6.17. The summed E-state index contributed by atoms with van der Waals surface area (Å²) in [4.78, 5) is 30.6. The maximum absolute atomic E-state index is 14.3. The number of fused-ring (bicyclic) bond motifs is 3. The van der Waals surface area contributed by atoms with E-state index in [9.17, 15) is 14.9 Å². The van der Waals surface area contributed by atoms with E-state index in [0.717, 1.165) is 53.5 Å². The molecule has 242 valence electrons.